The lowest BCUT2D eigenvalue weighted by Crippen LogP contribution is -2.27. The van der Waals surface area contributed by atoms with E-state index in [4.69, 9.17) is 5.73 Å². The highest BCUT2D eigenvalue weighted by molar-refractivity contribution is 5.97. The Bertz CT molecular complexity index is 942. The maximum Gasteiger partial charge on any atom is 0.228 e. The predicted molar refractivity (Wildman–Crippen MR) is 109 cm³/mol. The summed E-state index contributed by atoms with van der Waals surface area (Å²) in [6.07, 6.45) is 6.89. The topological polar surface area (TPSA) is 93.8 Å². The molecule has 6 heteroatoms. The van der Waals surface area contributed by atoms with E-state index in [1.807, 2.05) is 31.2 Å². The normalized spacial score (nSPS) is 13.3. The zero-order valence-corrected chi connectivity index (χ0v) is 15.9. The highest BCUT2D eigenvalue weighted by Crippen LogP contribution is 2.27. The van der Waals surface area contributed by atoms with Gasteiger partial charge in [0.05, 0.1) is 5.69 Å². The van der Waals surface area contributed by atoms with Gasteiger partial charge in [-0.05, 0) is 42.0 Å². The zero-order chi connectivity index (χ0) is 19.4. The number of nitrogens with zero attached hydrogens (tertiary/aromatic N) is 3. The van der Waals surface area contributed by atoms with Crippen LogP contribution in [0.2, 0.25) is 0 Å². The van der Waals surface area contributed by atoms with Crippen LogP contribution in [0.5, 0.6) is 0 Å². The van der Waals surface area contributed by atoms with Gasteiger partial charge < -0.3 is 11.1 Å². The molecule has 3 N–H and O–H groups in total. The number of nitrogens with two attached hydrogens (primary N) is 1. The van der Waals surface area contributed by atoms with Crippen LogP contribution in [0.3, 0.4) is 0 Å². The molecular weight excluding hydrogens is 338 g/mol. The highest BCUT2D eigenvalue weighted by Gasteiger charge is 2.22. The lowest BCUT2D eigenvalue weighted by atomic mass is 9.89. The molecule has 0 aliphatic heterocycles. The Morgan fingerprint density at radius 1 is 1.22 bits per heavy atom. The van der Waals surface area contributed by atoms with Gasteiger partial charge in [-0.1, -0.05) is 27.2 Å². The van der Waals surface area contributed by atoms with E-state index in [0.29, 0.717) is 17.6 Å². The van der Waals surface area contributed by atoms with Gasteiger partial charge in [-0.25, -0.2) is 9.97 Å². The Labute approximate surface area is 159 Å². The third-order valence-electron chi connectivity index (χ3n) is 5.06. The molecule has 1 amide bonds. The summed E-state index contributed by atoms with van der Waals surface area (Å²) in [6, 6.07) is 7.57. The largest absolute Gasteiger partial charge is 0.383 e. The van der Waals surface area contributed by atoms with Gasteiger partial charge >= 0.3 is 0 Å². The van der Waals surface area contributed by atoms with Crippen LogP contribution in [-0.4, -0.2) is 20.9 Å². The van der Waals surface area contributed by atoms with Gasteiger partial charge in [-0.2, -0.15) is 0 Å². The first-order valence-corrected chi connectivity index (χ1v) is 9.31. The first-order chi connectivity index (χ1) is 13.0. The van der Waals surface area contributed by atoms with Crippen molar-refractivity contribution >= 4 is 28.3 Å². The van der Waals surface area contributed by atoms with Crippen molar-refractivity contribution in [2.45, 2.75) is 33.6 Å². The van der Waals surface area contributed by atoms with Gasteiger partial charge in [-0.3, -0.25) is 9.78 Å². The fourth-order valence-electron chi connectivity index (χ4n) is 3.25. The number of aromatic nitrogens is 3. The second-order valence-electron chi connectivity index (χ2n) is 6.81. The molecule has 6 nitrogen and oxygen atoms in total. The number of rotatable bonds is 6. The van der Waals surface area contributed by atoms with Crippen molar-refractivity contribution in [2.24, 2.45) is 11.8 Å². The summed E-state index contributed by atoms with van der Waals surface area (Å²) in [6.45, 7) is 6.25. The predicted octanol–water partition coefficient (Wildman–Crippen LogP) is 4.28. The molecule has 0 aliphatic carbocycles. The molecule has 3 heterocycles. The van der Waals surface area contributed by atoms with E-state index in [-0.39, 0.29) is 11.8 Å². The van der Waals surface area contributed by atoms with Crippen LogP contribution in [0.15, 0.2) is 42.9 Å². The van der Waals surface area contributed by atoms with Crippen LogP contribution in [0, 0.1) is 11.8 Å². The standard InChI is InChI=1S/C21H25N5O/c1-4-13(3)16(5-2)21(27)26-19-10-15-9-18(14-7-6-8-23-11-14)25-20(22)17(15)12-24-19/h6-13,16H,4-5H2,1-3H3,(H2,22,25)(H,24,26,27). The Kier molecular flexibility index (Phi) is 5.64. The van der Waals surface area contributed by atoms with Gasteiger partial charge in [0.15, 0.2) is 0 Å². The Balaban J connectivity index is 1.93. The van der Waals surface area contributed by atoms with Gasteiger partial charge in [0.2, 0.25) is 5.91 Å². The molecule has 0 aromatic carbocycles. The Morgan fingerprint density at radius 3 is 2.70 bits per heavy atom. The number of hydrogen-bond acceptors (Lipinski definition) is 5. The second-order valence-corrected chi connectivity index (χ2v) is 6.81. The Morgan fingerprint density at radius 2 is 2.04 bits per heavy atom. The van der Waals surface area contributed by atoms with Crippen molar-refractivity contribution in [1.29, 1.82) is 0 Å². The van der Waals surface area contributed by atoms with Crippen LogP contribution in [-0.2, 0) is 4.79 Å². The molecule has 0 bridgehead atoms. The molecule has 27 heavy (non-hydrogen) atoms. The first-order valence-electron chi connectivity index (χ1n) is 9.31. The summed E-state index contributed by atoms with van der Waals surface area (Å²) in [5.74, 6) is 1.24. The van der Waals surface area contributed by atoms with Crippen LogP contribution >= 0.6 is 0 Å². The number of nitrogens with one attached hydrogen (secondary N) is 1. The van der Waals surface area contributed by atoms with Crippen molar-refractivity contribution in [3.05, 3.63) is 42.9 Å². The van der Waals surface area contributed by atoms with Gasteiger partial charge in [0, 0.05) is 35.5 Å². The molecule has 0 spiro atoms. The minimum absolute atomic E-state index is 0.00760. The summed E-state index contributed by atoms with van der Waals surface area (Å²) < 4.78 is 0. The molecule has 0 aliphatic rings. The number of nitrogen functional groups attached to an aromatic ring is 1. The van der Waals surface area contributed by atoms with Crippen molar-refractivity contribution in [2.75, 3.05) is 11.1 Å². The molecular formula is C21H25N5O. The van der Waals surface area contributed by atoms with Crippen molar-refractivity contribution in [3.63, 3.8) is 0 Å². The minimum atomic E-state index is -0.0269. The zero-order valence-electron chi connectivity index (χ0n) is 15.9. The van der Waals surface area contributed by atoms with Crippen LogP contribution in [0.4, 0.5) is 11.6 Å². The molecule has 0 radical (unpaired) electrons. The van der Waals surface area contributed by atoms with Crippen LogP contribution < -0.4 is 11.1 Å². The van der Waals surface area contributed by atoms with E-state index >= 15 is 0 Å². The van der Waals surface area contributed by atoms with Crippen LogP contribution in [0.25, 0.3) is 22.0 Å². The van der Waals surface area contributed by atoms with Crippen molar-refractivity contribution in [1.82, 2.24) is 15.0 Å². The van der Waals surface area contributed by atoms with E-state index in [1.54, 1.807) is 18.6 Å². The number of anilines is 2. The maximum atomic E-state index is 12.6. The van der Waals surface area contributed by atoms with Crippen molar-refractivity contribution in [3.8, 4) is 11.3 Å². The van der Waals surface area contributed by atoms with E-state index in [2.05, 4.69) is 34.1 Å². The van der Waals surface area contributed by atoms with E-state index in [0.717, 1.165) is 34.9 Å². The number of carbonyl (C=O) groups excluding carboxylic acids is 1. The number of pyridine rings is 3. The quantitative estimate of drug-likeness (QED) is 0.681. The van der Waals surface area contributed by atoms with Gasteiger partial charge in [0.25, 0.3) is 0 Å². The Hall–Kier alpha value is -3.02. The average molecular weight is 363 g/mol. The summed E-state index contributed by atoms with van der Waals surface area (Å²) in [7, 11) is 0. The monoisotopic (exact) mass is 363 g/mol. The summed E-state index contributed by atoms with van der Waals surface area (Å²) in [4.78, 5) is 25.6. The van der Waals surface area contributed by atoms with Gasteiger partial charge in [0.1, 0.15) is 11.6 Å². The highest BCUT2D eigenvalue weighted by atomic mass is 16.1. The molecule has 0 saturated carbocycles. The lowest BCUT2D eigenvalue weighted by Gasteiger charge is -2.20. The fourth-order valence-corrected chi connectivity index (χ4v) is 3.25. The van der Waals surface area contributed by atoms with E-state index in [9.17, 15) is 4.79 Å². The first kappa shape index (κ1) is 18.8. The third kappa shape index (κ3) is 4.05. The number of hydrogen-bond donors (Lipinski definition) is 2. The summed E-state index contributed by atoms with van der Waals surface area (Å²) in [5.41, 5.74) is 7.74. The number of amides is 1. The van der Waals surface area contributed by atoms with E-state index < -0.39 is 0 Å². The van der Waals surface area contributed by atoms with E-state index in [1.165, 1.54) is 0 Å². The summed E-state index contributed by atoms with van der Waals surface area (Å²) >= 11 is 0. The molecule has 140 valence electrons. The third-order valence-corrected chi connectivity index (χ3v) is 5.06. The SMILES string of the molecule is CCC(C)C(CC)C(=O)Nc1cc2cc(-c3cccnc3)nc(N)c2cn1. The minimum Gasteiger partial charge on any atom is -0.383 e. The molecule has 2 unspecified atom stereocenters. The molecule has 3 rings (SSSR count). The second kappa shape index (κ2) is 8.12. The van der Waals surface area contributed by atoms with Gasteiger partial charge in [-0.15, -0.1) is 0 Å². The molecule has 0 saturated heterocycles. The van der Waals surface area contributed by atoms with Crippen molar-refractivity contribution < 1.29 is 4.79 Å². The number of fused-ring (bicyclic) bond motifs is 1. The maximum absolute atomic E-state index is 12.6. The smallest absolute Gasteiger partial charge is 0.228 e. The molecule has 3 aromatic rings. The molecule has 3 aromatic heterocycles. The fraction of sp³-hybridized carbons (Fsp3) is 0.333. The lowest BCUT2D eigenvalue weighted by molar-refractivity contribution is -0.121. The summed E-state index contributed by atoms with van der Waals surface area (Å²) in [5, 5.41) is 4.59. The average Bonchev–Trinajstić information content (AvgIpc) is 2.68. The van der Waals surface area contributed by atoms with Crippen LogP contribution in [0.1, 0.15) is 33.6 Å². The molecule has 0 fully saturated rings. The molecule has 2 atom stereocenters. The number of carbonyl (C=O) groups is 1.